The first-order valence-corrected chi connectivity index (χ1v) is 7.04. The number of hydrogen-bond donors (Lipinski definition) is 0. The van der Waals surface area contributed by atoms with Crippen molar-refractivity contribution >= 4 is 0 Å². The van der Waals surface area contributed by atoms with Gasteiger partial charge < -0.3 is 9.64 Å². The maximum atomic E-state index is 13.1. The van der Waals surface area contributed by atoms with Crippen LogP contribution in [-0.2, 0) is 4.74 Å². The van der Waals surface area contributed by atoms with E-state index in [0.717, 1.165) is 32.5 Å². The minimum absolute atomic E-state index is 0.305. The van der Waals surface area contributed by atoms with Crippen LogP contribution in [0.15, 0.2) is 0 Å². The molecule has 1 atom stereocenters. The fourth-order valence-corrected chi connectivity index (χ4v) is 2.91. The Morgan fingerprint density at radius 1 is 1.24 bits per heavy atom. The largest absolute Gasteiger partial charge is 0.375 e. The molecule has 0 aromatic rings. The standard InChI is InChI=1S/C14H26FNO/c1-11(2)17-12(3)14(6-7-14)10-16-8-4-13(15)5-9-16/h11-13H,4-10H2,1-3H3/t12-/m0/s1. The van der Waals surface area contributed by atoms with E-state index in [1.165, 1.54) is 12.8 Å². The first-order valence-electron chi connectivity index (χ1n) is 7.04. The van der Waals surface area contributed by atoms with Gasteiger partial charge in [0.1, 0.15) is 6.17 Å². The highest BCUT2D eigenvalue weighted by Crippen LogP contribution is 2.50. The van der Waals surface area contributed by atoms with Crippen molar-refractivity contribution in [3.8, 4) is 0 Å². The molecule has 100 valence electrons. The van der Waals surface area contributed by atoms with Gasteiger partial charge in [0.2, 0.25) is 0 Å². The van der Waals surface area contributed by atoms with Gasteiger partial charge in [-0.05, 0) is 46.5 Å². The van der Waals surface area contributed by atoms with Gasteiger partial charge in [-0.15, -0.1) is 0 Å². The summed E-state index contributed by atoms with van der Waals surface area (Å²) in [6.07, 6.45) is 4.06. The van der Waals surface area contributed by atoms with Crippen molar-refractivity contribution < 1.29 is 9.13 Å². The Labute approximate surface area is 105 Å². The van der Waals surface area contributed by atoms with Crippen LogP contribution in [0.5, 0.6) is 0 Å². The van der Waals surface area contributed by atoms with Crippen LogP contribution in [0.2, 0.25) is 0 Å². The third kappa shape index (κ3) is 3.41. The summed E-state index contributed by atoms with van der Waals surface area (Å²) < 4.78 is 19.0. The van der Waals surface area contributed by atoms with Crippen molar-refractivity contribution in [2.45, 2.75) is 64.8 Å². The second-order valence-corrected chi connectivity index (χ2v) is 6.14. The van der Waals surface area contributed by atoms with Gasteiger partial charge in [0.25, 0.3) is 0 Å². The van der Waals surface area contributed by atoms with Gasteiger partial charge in [0.15, 0.2) is 0 Å². The molecule has 2 aliphatic rings. The van der Waals surface area contributed by atoms with Crippen LogP contribution < -0.4 is 0 Å². The third-order valence-corrected chi connectivity index (χ3v) is 4.29. The van der Waals surface area contributed by atoms with Gasteiger partial charge in [0, 0.05) is 25.0 Å². The quantitative estimate of drug-likeness (QED) is 0.736. The lowest BCUT2D eigenvalue weighted by Crippen LogP contribution is -2.42. The average Bonchev–Trinajstić information content (AvgIpc) is 3.02. The molecular weight excluding hydrogens is 217 g/mol. The van der Waals surface area contributed by atoms with Crippen molar-refractivity contribution in [2.75, 3.05) is 19.6 Å². The Hall–Kier alpha value is -0.150. The molecule has 0 radical (unpaired) electrons. The van der Waals surface area contributed by atoms with Crippen LogP contribution in [-0.4, -0.2) is 42.9 Å². The lowest BCUT2D eigenvalue weighted by Gasteiger charge is -2.34. The van der Waals surface area contributed by atoms with Gasteiger partial charge in [0.05, 0.1) is 12.2 Å². The van der Waals surface area contributed by atoms with Gasteiger partial charge in [-0.2, -0.15) is 0 Å². The van der Waals surface area contributed by atoms with Gasteiger partial charge in [-0.25, -0.2) is 4.39 Å². The Bertz CT molecular complexity index is 245. The average molecular weight is 243 g/mol. The predicted molar refractivity (Wildman–Crippen MR) is 67.9 cm³/mol. The highest BCUT2D eigenvalue weighted by molar-refractivity contribution is 5.00. The SMILES string of the molecule is CC(C)O[C@@H](C)C1(CN2CCC(F)CC2)CC1. The monoisotopic (exact) mass is 243 g/mol. The number of halogens is 1. The van der Waals surface area contributed by atoms with E-state index >= 15 is 0 Å². The van der Waals surface area contributed by atoms with Gasteiger partial charge in [-0.3, -0.25) is 0 Å². The predicted octanol–water partition coefficient (Wildman–Crippen LogP) is 3.01. The van der Waals surface area contributed by atoms with Crippen LogP contribution in [0.1, 0.15) is 46.5 Å². The summed E-state index contributed by atoms with van der Waals surface area (Å²) in [4.78, 5) is 2.43. The normalized spacial score (nSPS) is 27.4. The fourth-order valence-electron chi connectivity index (χ4n) is 2.91. The summed E-state index contributed by atoms with van der Waals surface area (Å²) >= 11 is 0. The molecule has 2 rings (SSSR count). The lowest BCUT2D eigenvalue weighted by atomic mass is 9.97. The van der Waals surface area contributed by atoms with E-state index in [0.29, 0.717) is 17.6 Å². The van der Waals surface area contributed by atoms with Crippen LogP contribution >= 0.6 is 0 Å². The number of hydrogen-bond acceptors (Lipinski definition) is 2. The fraction of sp³-hybridized carbons (Fsp3) is 1.00. The Morgan fingerprint density at radius 2 is 1.82 bits per heavy atom. The summed E-state index contributed by atoms with van der Waals surface area (Å²) in [6, 6.07) is 0. The molecule has 0 amide bonds. The second kappa shape index (κ2) is 5.23. The molecule has 2 nitrogen and oxygen atoms in total. The van der Waals surface area contributed by atoms with Crippen molar-refractivity contribution in [3.63, 3.8) is 0 Å². The van der Waals surface area contributed by atoms with Crippen LogP contribution in [0, 0.1) is 5.41 Å². The molecule has 1 aliphatic heterocycles. The number of rotatable bonds is 5. The maximum Gasteiger partial charge on any atom is 0.103 e. The van der Waals surface area contributed by atoms with Crippen molar-refractivity contribution in [3.05, 3.63) is 0 Å². The molecular formula is C14H26FNO. The molecule has 0 spiro atoms. The molecule has 1 saturated carbocycles. The molecule has 0 aromatic heterocycles. The Kier molecular flexibility index (Phi) is 4.09. The molecule has 2 fully saturated rings. The van der Waals surface area contributed by atoms with Crippen LogP contribution in [0.25, 0.3) is 0 Å². The molecule has 0 aromatic carbocycles. The smallest absolute Gasteiger partial charge is 0.103 e. The van der Waals surface area contributed by atoms with E-state index in [-0.39, 0.29) is 0 Å². The van der Waals surface area contributed by atoms with E-state index in [1.807, 2.05) is 0 Å². The summed E-state index contributed by atoms with van der Waals surface area (Å²) in [5.74, 6) is 0. The van der Waals surface area contributed by atoms with Crippen LogP contribution in [0.4, 0.5) is 4.39 Å². The van der Waals surface area contributed by atoms with E-state index in [4.69, 9.17) is 4.74 Å². The van der Waals surface area contributed by atoms with Crippen LogP contribution in [0.3, 0.4) is 0 Å². The van der Waals surface area contributed by atoms with Gasteiger partial charge in [-0.1, -0.05) is 0 Å². The van der Waals surface area contributed by atoms with Gasteiger partial charge >= 0.3 is 0 Å². The molecule has 1 saturated heterocycles. The summed E-state index contributed by atoms with van der Waals surface area (Å²) in [5, 5.41) is 0. The molecule has 3 heteroatoms. The Balaban J connectivity index is 1.81. The van der Waals surface area contributed by atoms with E-state index < -0.39 is 6.17 Å². The number of piperidine rings is 1. The molecule has 1 heterocycles. The van der Waals surface area contributed by atoms with Crippen molar-refractivity contribution in [1.82, 2.24) is 4.90 Å². The third-order valence-electron chi connectivity index (χ3n) is 4.29. The summed E-state index contributed by atoms with van der Waals surface area (Å²) in [6.45, 7) is 9.36. The number of likely N-dealkylation sites (tertiary alicyclic amines) is 1. The highest BCUT2D eigenvalue weighted by atomic mass is 19.1. The lowest BCUT2D eigenvalue weighted by molar-refractivity contribution is -0.0363. The maximum absolute atomic E-state index is 13.1. The summed E-state index contributed by atoms with van der Waals surface area (Å²) in [7, 11) is 0. The summed E-state index contributed by atoms with van der Waals surface area (Å²) in [5.41, 5.74) is 0.368. The van der Waals surface area contributed by atoms with E-state index in [2.05, 4.69) is 25.7 Å². The number of nitrogens with zero attached hydrogens (tertiary/aromatic N) is 1. The second-order valence-electron chi connectivity index (χ2n) is 6.14. The first-order chi connectivity index (χ1) is 8.02. The molecule has 0 bridgehead atoms. The topological polar surface area (TPSA) is 12.5 Å². The van der Waals surface area contributed by atoms with Crippen molar-refractivity contribution in [1.29, 1.82) is 0 Å². The first kappa shape index (κ1) is 13.3. The minimum atomic E-state index is -0.564. The number of alkyl halides is 1. The molecule has 1 aliphatic carbocycles. The zero-order chi connectivity index (χ0) is 12.5. The highest BCUT2D eigenvalue weighted by Gasteiger charge is 2.49. The Morgan fingerprint density at radius 3 is 2.29 bits per heavy atom. The van der Waals surface area contributed by atoms with E-state index in [1.54, 1.807) is 0 Å². The molecule has 0 unspecified atom stereocenters. The number of ether oxygens (including phenoxy) is 1. The zero-order valence-corrected chi connectivity index (χ0v) is 11.4. The molecule has 17 heavy (non-hydrogen) atoms. The van der Waals surface area contributed by atoms with E-state index in [9.17, 15) is 4.39 Å². The van der Waals surface area contributed by atoms with Crippen molar-refractivity contribution in [2.24, 2.45) is 5.41 Å². The zero-order valence-electron chi connectivity index (χ0n) is 11.4. The molecule has 0 N–H and O–H groups in total. The minimum Gasteiger partial charge on any atom is -0.375 e.